The number of ketones is 1. The predicted octanol–water partition coefficient (Wildman–Crippen LogP) is 6.04. The van der Waals surface area contributed by atoms with Crippen molar-refractivity contribution in [3.05, 3.63) is 101 Å². The molecule has 1 fully saturated rings. The van der Waals surface area contributed by atoms with Gasteiger partial charge in [0.05, 0.1) is 23.8 Å². The number of alkyl halides is 3. The van der Waals surface area contributed by atoms with Crippen molar-refractivity contribution in [2.45, 2.75) is 26.1 Å². The maximum atomic E-state index is 13.4. The fourth-order valence-corrected chi connectivity index (χ4v) is 4.17. The molecule has 0 spiro atoms. The minimum absolute atomic E-state index is 0.0997. The molecule has 8 heteroatoms. The van der Waals surface area contributed by atoms with E-state index in [-0.39, 0.29) is 16.8 Å². The van der Waals surface area contributed by atoms with Crippen LogP contribution >= 0.6 is 0 Å². The van der Waals surface area contributed by atoms with Crippen molar-refractivity contribution in [1.29, 1.82) is 0 Å². The van der Waals surface area contributed by atoms with Gasteiger partial charge in [0, 0.05) is 11.3 Å². The van der Waals surface area contributed by atoms with Crippen LogP contribution in [0.25, 0.3) is 5.76 Å². The Morgan fingerprint density at radius 3 is 2.40 bits per heavy atom. The van der Waals surface area contributed by atoms with E-state index in [2.05, 4.69) is 0 Å². The summed E-state index contributed by atoms with van der Waals surface area (Å²) in [5.41, 5.74) is 0.186. The van der Waals surface area contributed by atoms with E-state index >= 15 is 0 Å². The average Bonchev–Trinajstić information content (AvgIpc) is 3.09. The first-order valence-corrected chi connectivity index (χ1v) is 10.9. The summed E-state index contributed by atoms with van der Waals surface area (Å²) < 4.78 is 45.7. The lowest BCUT2D eigenvalue weighted by molar-refractivity contribution is -0.137. The zero-order valence-electron chi connectivity index (χ0n) is 19.0. The Hall–Kier alpha value is -4.07. The Labute approximate surface area is 200 Å². The van der Waals surface area contributed by atoms with E-state index in [1.165, 1.54) is 18.2 Å². The Morgan fingerprint density at radius 2 is 1.71 bits per heavy atom. The highest BCUT2D eigenvalue weighted by atomic mass is 19.4. The van der Waals surface area contributed by atoms with Gasteiger partial charge in [0.25, 0.3) is 11.7 Å². The molecule has 35 heavy (non-hydrogen) atoms. The Kier molecular flexibility index (Phi) is 6.39. The van der Waals surface area contributed by atoms with E-state index in [9.17, 15) is 27.9 Å². The van der Waals surface area contributed by atoms with Gasteiger partial charge < -0.3 is 9.84 Å². The number of aliphatic hydroxyl groups is 1. The van der Waals surface area contributed by atoms with Crippen molar-refractivity contribution >= 4 is 23.1 Å². The zero-order valence-corrected chi connectivity index (χ0v) is 19.0. The van der Waals surface area contributed by atoms with Crippen LogP contribution in [0.3, 0.4) is 0 Å². The van der Waals surface area contributed by atoms with E-state index in [4.69, 9.17) is 4.74 Å². The molecular weight excluding hydrogens is 459 g/mol. The van der Waals surface area contributed by atoms with Gasteiger partial charge in [0.1, 0.15) is 11.5 Å². The highest BCUT2D eigenvalue weighted by Crippen LogP contribution is 2.44. The largest absolute Gasteiger partial charge is 0.507 e. The topological polar surface area (TPSA) is 66.8 Å². The summed E-state index contributed by atoms with van der Waals surface area (Å²) in [6.45, 7) is 3.94. The molecule has 1 unspecified atom stereocenters. The van der Waals surface area contributed by atoms with Crippen LogP contribution in [0.2, 0.25) is 0 Å². The minimum atomic E-state index is -4.64. The first-order valence-electron chi connectivity index (χ1n) is 10.9. The molecule has 5 nitrogen and oxygen atoms in total. The second kappa shape index (κ2) is 9.29. The van der Waals surface area contributed by atoms with Gasteiger partial charge in [-0.3, -0.25) is 14.5 Å². The summed E-state index contributed by atoms with van der Waals surface area (Å²) in [7, 11) is 0. The number of Topliss-reactive ketones (excluding diaryl/α,β-unsaturated/α-hetero) is 1. The number of amides is 1. The lowest BCUT2D eigenvalue weighted by Gasteiger charge is -2.27. The quantitative estimate of drug-likeness (QED) is 0.274. The first-order chi connectivity index (χ1) is 16.6. The normalized spacial score (nSPS) is 17.6. The molecule has 180 valence electrons. The standard InChI is InChI=1S/C27H22F3NO4/c1-3-35-20-12-6-9-17(14-20)24(32)22-23(21-13-5-4-8-16(21)2)31(26(34)25(22)33)19-11-7-10-18(15-19)27(28,29)30/h4-15,23,32H,3H2,1-2H3/b24-22+. The van der Waals surface area contributed by atoms with E-state index in [0.29, 0.717) is 23.5 Å². The summed E-state index contributed by atoms with van der Waals surface area (Å²) in [5.74, 6) is -2.00. The number of hydrogen-bond acceptors (Lipinski definition) is 4. The molecule has 1 atom stereocenters. The molecule has 1 aliphatic heterocycles. The number of nitrogens with zero attached hydrogens (tertiary/aromatic N) is 1. The number of carbonyl (C=O) groups excluding carboxylic acids is 2. The van der Waals surface area contributed by atoms with Gasteiger partial charge >= 0.3 is 6.18 Å². The molecule has 1 heterocycles. The third-order valence-corrected chi connectivity index (χ3v) is 5.80. The van der Waals surface area contributed by atoms with Crippen LogP contribution < -0.4 is 9.64 Å². The van der Waals surface area contributed by atoms with Crippen LogP contribution in [0.5, 0.6) is 5.75 Å². The molecule has 3 aromatic carbocycles. The van der Waals surface area contributed by atoms with Gasteiger partial charge in [-0.05, 0) is 55.3 Å². The van der Waals surface area contributed by atoms with Crippen molar-refractivity contribution < 1.29 is 32.6 Å². The number of carbonyl (C=O) groups is 2. The van der Waals surface area contributed by atoms with Crippen molar-refractivity contribution in [3.63, 3.8) is 0 Å². The summed E-state index contributed by atoms with van der Waals surface area (Å²) in [6.07, 6.45) is -4.64. The highest BCUT2D eigenvalue weighted by molar-refractivity contribution is 6.51. The molecule has 1 N–H and O–H groups in total. The highest BCUT2D eigenvalue weighted by Gasteiger charge is 2.47. The third-order valence-electron chi connectivity index (χ3n) is 5.80. The summed E-state index contributed by atoms with van der Waals surface area (Å²) in [4.78, 5) is 27.4. The number of rotatable bonds is 5. The fourth-order valence-electron chi connectivity index (χ4n) is 4.17. The molecule has 0 aliphatic carbocycles. The average molecular weight is 481 g/mol. The van der Waals surface area contributed by atoms with E-state index < -0.39 is 35.2 Å². The first kappa shape index (κ1) is 24.1. The van der Waals surface area contributed by atoms with E-state index in [0.717, 1.165) is 17.0 Å². The van der Waals surface area contributed by atoms with Crippen LogP contribution in [0.4, 0.5) is 18.9 Å². The smallest absolute Gasteiger partial charge is 0.416 e. The molecule has 0 radical (unpaired) electrons. The molecule has 0 aromatic heterocycles. The zero-order chi connectivity index (χ0) is 25.3. The number of ether oxygens (including phenoxy) is 1. The minimum Gasteiger partial charge on any atom is -0.507 e. The Morgan fingerprint density at radius 1 is 1.00 bits per heavy atom. The molecule has 3 aromatic rings. The number of aliphatic hydroxyl groups excluding tert-OH is 1. The van der Waals surface area contributed by atoms with Gasteiger partial charge in [-0.15, -0.1) is 0 Å². The number of anilines is 1. The lowest BCUT2D eigenvalue weighted by atomic mass is 9.92. The van der Waals surface area contributed by atoms with Gasteiger partial charge in [-0.1, -0.05) is 42.5 Å². The second-order valence-corrected chi connectivity index (χ2v) is 8.03. The predicted molar refractivity (Wildman–Crippen MR) is 125 cm³/mol. The molecule has 1 saturated heterocycles. The van der Waals surface area contributed by atoms with Crippen LogP contribution in [0, 0.1) is 6.92 Å². The summed E-state index contributed by atoms with van der Waals surface area (Å²) >= 11 is 0. The molecule has 1 amide bonds. The molecule has 1 aliphatic rings. The van der Waals surface area contributed by atoms with Gasteiger partial charge in [-0.25, -0.2) is 0 Å². The molecule has 4 rings (SSSR count). The van der Waals surface area contributed by atoms with Crippen molar-refractivity contribution in [2.75, 3.05) is 11.5 Å². The number of benzene rings is 3. The maximum absolute atomic E-state index is 13.4. The number of aryl methyl sites for hydroxylation is 1. The van der Waals surface area contributed by atoms with Gasteiger partial charge in [0.15, 0.2) is 0 Å². The monoisotopic (exact) mass is 481 g/mol. The van der Waals surface area contributed by atoms with Crippen LogP contribution in [-0.2, 0) is 15.8 Å². The second-order valence-electron chi connectivity index (χ2n) is 8.03. The Bertz CT molecular complexity index is 1330. The lowest BCUT2D eigenvalue weighted by Crippen LogP contribution is -2.30. The van der Waals surface area contributed by atoms with E-state index in [1.54, 1.807) is 56.3 Å². The SMILES string of the molecule is CCOc1cccc(/C(O)=C2\C(=O)C(=O)N(c3cccc(C(F)(F)F)c3)C2c2ccccc2C)c1. The number of halogens is 3. The fraction of sp³-hybridized carbons (Fsp3) is 0.185. The van der Waals surface area contributed by atoms with Crippen LogP contribution in [-0.4, -0.2) is 23.4 Å². The molecule has 0 saturated carbocycles. The maximum Gasteiger partial charge on any atom is 0.416 e. The van der Waals surface area contributed by atoms with Crippen molar-refractivity contribution in [3.8, 4) is 5.75 Å². The van der Waals surface area contributed by atoms with Crippen LogP contribution in [0.1, 0.15) is 35.2 Å². The molecule has 0 bridgehead atoms. The Balaban J connectivity index is 1.95. The van der Waals surface area contributed by atoms with Crippen LogP contribution in [0.15, 0.2) is 78.4 Å². The van der Waals surface area contributed by atoms with Gasteiger partial charge in [0.2, 0.25) is 0 Å². The van der Waals surface area contributed by atoms with Gasteiger partial charge in [-0.2, -0.15) is 13.2 Å². The summed E-state index contributed by atoms with van der Waals surface area (Å²) in [5, 5.41) is 11.2. The van der Waals surface area contributed by atoms with Crippen molar-refractivity contribution in [2.24, 2.45) is 0 Å². The summed E-state index contributed by atoms with van der Waals surface area (Å²) in [6, 6.07) is 16.4. The van der Waals surface area contributed by atoms with E-state index in [1.807, 2.05) is 0 Å². The number of hydrogen-bond donors (Lipinski definition) is 1. The third kappa shape index (κ3) is 4.51. The van der Waals surface area contributed by atoms with Crippen molar-refractivity contribution in [1.82, 2.24) is 0 Å². The molecular formula is C27H22F3NO4.